The molecule has 0 amide bonds. The Labute approximate surface area is 179 Å². The van der Waals surface area contributed by atoms with E-state index in [2.05, 4.69) is 0 Å². The summed E-state index contributed by atoms with van der Waals surface area (Å²) in [5.41, 5.74) is 0. The van der Waals surface area contributed by atoms with Crippen molar-refractivity contribution >= 4 is 64.4 Å². The number of fused-ring (bicyclic) bond motifs is 2. The third kappa shape index (κ3) is 2.56. The van der Waals surface area contributed by atoms with Gasteiger partial charge in [0.25, 0.3) is 0 Å². The molecule has 0 aliphatic rings. The monoisotopic (exact) mass is 500 g/mol. The minimum atomic E-state index is -5.93. The maximum absolute atomic E-state index is 14.4. The molecule has 12 heteroatoms. The molecule has 0 aliphatic heterocycles. The number of alkyl halides is 10. The van der Waals surface area contributed by atoms with Crippen LogP contribution in [0.25, 0.3) is 41.7 Å². The zero-order valence-electron chi connectivity index (χ0n) is 15.1. The maximum Gasteiger partial charge on any atom is 0.458 e. The van der Waals surface area contributed by atoms with Crippen molar-refractivity contribution in [3.8, 4) is 0 Å². The molecule has 0 nitrogen and oxygen atoms in total. The van der Waals surface area contributed by atoms with Crippen molar-refractivity contribution in [1.29, 1.82) is 0 Å². The van der Waals surface area contributed by atoms with Crippen molar-refractivity contribution in [3.05, 3.63) is 46.2 Å². The van der Waals surface area contributed by atoms with Crippen LogP contribution in [0.5, 0.6) is 0 Å². The topological polar surface area (TPSA) is 0 Å². The predicted molar refractivity (Wildman–Crippen MR) is 103 cm³/mol. The molecule has 5 rings (SSSR count). The molecule has 2 heterocycles. The lowest BCUT2D eigenvalue weighted by Crippen LogP contribution is -2.33. The first-order chi connectivity index (χ1) is 14.7. The second-order valence-corrected chi connectivity index (χ2v) is 9.22. The molecule has 0 saturated heterocycles. The van der Waals surface area contributed by atoms with Crippen LogP contribution in [-0.2, 0) is 11.8 Å². The molecular weight excluding hydrogens is 494 g/mol. The molecule has 168 valence electrons. The number of halogens is 10. The van der Waals surface area contributed by atoms with Crippen molar-refractivity contribution < 1.29 is 43.9 Å². The second-order valence-electron chi connectivity index (χ2n) is 7.11. The van der Waals surface area contributed by atoms with Crippen LogP contribution in [0, 0.1) is 0 Å². The van der Waals surface area contributed by atoms with E-state index in [9.17, 15) is 43.9 Å². The molecule has 0 fully saturated rings. The van der Waals surface area contributed by atoms with Crippen LogP contribution in [0.4, 0.5) is 43.9 Å². The minimum absolute atomic E-state index is 0.0773. The Balaban J connectivity index is 2.06. The highest BCUT2D eigenvalue weighted by Crippen LogP contribution is 2.58. The van der Waals surface area contributed by atoms with Gasteiger partial charge in [0, 0.05) is 30.9 Å². The molecule has 0 unspecified atom stereocenters. The number of hydrogen-bond donors (Lipinski definition) is 0. The Morgan fingerprint density at radius 3 is 1.12 bits per heavy atom. The van der Waals surface area contributed by atoms with Gasteiger partial charge in [-0.05, 0) is 22.9 Å². The number of benzene rings is 3. The SMILES string of the molecule is FC(F)(F)C(F)(F)c1sc2cccc3c4c(C(F)(F)C(F)(F)F)sc5cccc(c1c23)c54. The van der Waals surface area contributed by atoms with Gasteiger partial charge in [0.15, 0.2) is 0 Å². The summed E-state index contributed by atoms with van der Waals surface area (Å²) in [5, 5.41) is -1.87. The Bertz CT molecular complexity index is 1390. The van der Waals surface area contributed by atoms with Gasteiger partial charge in [0.2, 0.25) is 0 Å². The molecule has 0 aliphatic carbocycles. The molecule has 0 atom stereocenters. The van der Waals surface area contributed by atoms with Gasteiger partial charge < -0.3 is 0 Å². The summed E-state index contributed by atoms with van der Waals surface area (Å²) in [6.45, 7) is 0. The van der Waals surface area contributed by atoms with Gasteiger partial charge in [-0.15, -0.1) is 22.7 Å². The predicted octanol–water partition coefficient (Wildman–Crippen LogP) is 9.17. The van der Waals surface area contributed by atoms with Crippen molar-refractivity contribution in [1.82, 2.24) is 0 Å². The van der Waals surface area contributed by atoms with E-state index in [4.69, 9.17) is 0 Å². The van der Waals surface area contributed by atoms with Crippen LogP contribution >= 0.6 is 22.7 Å². The first-order valence-electron chi connectivity index (χ1n) is 8.69. The quantitative estimate of drug-likeness (QED) is 0.167. The number of rotatable bonds is 2. The van der Waals surface area contributed by atoms with Gasteiger partial charge >= 0.3 is 24.2 Å². The smallest absolute Gasteiger partial charge is 0.190 e. The normalized spacial score (nSPS) is 14.6. The second kappa shape index (κ2) is 6.16. The molecule has 5 aromatic rings. The molecule has 0 bridgehead atoms. The van der Waals surface area contributed by atoms with Gasteiger partial charge in [0.05, 0.1) is 9.75 Å². The van der Waals surface area contributed by atoms with Crippen molar-refractivity contribution in [2.75, 3.05) is 0 Å². The molecule has 0 saturated carbocycles. The summed E-state index contributed by atoms with van der Waals surface area (Å²) in [4.78, 5) is -2.66. The summed E-state index contributed by atoms with van der Waals surface area (Å²) < 4.78 is 137. The Morgan fingerprint density at radius 2 is 0.812 bits per heavy atom. The van der Waals surface area contributed by atoms with Crippen molar-refractivity contribution in [2.45, 2.75) is 24.2 Å². The van der Waals surface area contributed by atoms with E-state index in [1.807, 2.05) is 0 Å². The average molecular weight is 500 g/mol. The van der Waals surface area contributed by atoms with Crippen molar-refractivity contribution in [3.63, 3.8) is 0 Å². The summed E-state index contributed by atoms with van der Waals surface area (Å²) in [6, 6.07) is 7.20. The molecule has 3 aromatic carbocycles. The largest absolute Gasteiger partial charge is 0.458 e. The lowest BCUT2D eigenvalue weighted by Gasteiger charge is -2.20. The average Bonchev–Trinajstić information content (AvgIpc) is 3.25. The van der Waals surface area contributed by atoms with Crippen LogP contribution in [0.3, 0.4) is 0 Å². The van der Waals surface area contributed by atoms with Crippen LogP contribution in [0.1, 0.15) is 9.75 Å². The first-order valence-corrected chi connectivity index (χ1v) is 10.3. The minimum Gasteiger partial charge on any atom is -0.190 e. The van der Waals surface area contributed by atoms with Crippen molar-refractivity contribution in [2.24, 2.45) is 0 Å². The molecule has 32 heavy (non-hydrogen) atoms. The summed E-state index contributed by atoms with van der Waals surface area (Å²) in [5.74, 6) is -10.5. The third-order valence-corrected chi connectivity index (χ3v) is 7.70. The van der Waals surface area contributed by atoms with Gasteiger partial charge in [-0.3, -0.25) is 0 Å². The molecule has 2 aromatic heterocycles. The van der Waals surface area contributed by atoms with Gasteiger partial charge in [-0.1, -0.05) is 24.3 Å². The van der Waals surface area contributed by atoms with E-state index >= 15 is 0 Å². The molecule has 0 radical (unpaired) electrons. The summed E-state index contributed by atoms with van der Waals surface area (Å²) >= 11 is 0.274. The number of hydrogen-bond acceptors (Lipinski definition) is 2. The van der Waals surface area contributed by atoms with E-state index in [0.717, 1.165) is 12.1 Å². The maximum atomic E-state index is 14.4. The number of thiophene rings is 2. The van der Waals surface area contributed by atoms with Gasteiger partial charge in [-0.2, -0.15) is 43.9 Å². The standard InChI is InChI=1S/C20H6F10S2/c21-17(22,19(25,26)27)15-13-7-3-1-5-9-11(7)14(8-4-2-6-10(32-15)12(8)13)16(31-9)18(23,24)20(28,29)30/h1-6H. The van der Waals surface area contributed by atoms with E-state index in [-0.39, 0.29) is 53.6 Å². The fraction of sp³-hybridized carbons (Fsp3) is 0.200. The van der Waals surface area contributed by atoms with E-state index in [1.54, 1.807) is 0 Å². The first kappa shape index (κ1) is 21.5. The highest BCUT2D eigenvalue weighted by atomic mass is 32.1. The third-order valence-electron chi connectivity index (χ3n) is 5.25. The Kier molecular flexibility index (Phi) is 4.14. The summed E-state index contributed by atoms with van der Waals surface area (Å²) in [6.07, 6.45) is -11.9. The summed E-state index contributed by atoms with van der Waals surface area (Å²) in [7, 11) is 0. The van der Waals surface area contributed by atoms with Crippen LogP contribution in [-0.4, -0.2) is 12.4 Å². The highest BCUT2D eigenvalue weighted by Gasteiger charge is 2.62. The van der Waals surface area contributed by atoms with Gasteiger partial charge in [0.1, 0.15) is 0 Å². The Morgan fingerprint density at radius 1 is 0.469 bits per heavy atom. The van der Waals surface area contributed by atoms with E-state index < -0.39 is 44.7 Å². The highest BCUT2D eigenvalue weighted by molar-refractivity contribution is 7.21. The Hall–Kier alpha value is -2.34. The lowest BCUT2D eigenvalue weighted by molar-refractivity contribution is -0.287. The van der Waals surface area contributed by atoms with E-state index in [0.29, 0.717) is 0 Å². The zero-order valence-corrected chi connectivity index (χ0v) is 16.7. The van der Waals surface area contributed by atoms with Gasteiger partial charge in [-0.25, -0.2) is 0 Å². The van der Waals surface area contributed by atoms with Crippen LogP contribution in [0.15, 0.2) is 36.4 Å². The molecular formula is C20H6F10S2. The zero-order chi connectivity index (χ0) is 23.4. The lowest BCUT2D eigenvalue weighted by atomic mass is 9.93. The fourth-order valence-corrected chi connectivity index (χ4v) is 6.40. The molecule has 0 N–H and O–H groups in total. The molecule has 0 spiro atoms. The van der Waals surface area contributed by atoms with E-state index in [1.165, 1.54) is 24.3 Å². The fourth-order valence-electron chi connectivity index (χ4n) is 3.93. The van der Waals surface area contributed by atoms with Crippen LogP contribution < -0.4 is 0 Å². The van der Waals surface area contributed by atoms with Crippen LogP contribution in [0.2, 0.25) is 0 Å².